The first-order chi connectivity index (χ1) is 4.83. The van der Waals surface area contributed by atoms with Gasteiger partial charge in [0.2, 0.25) is 0 Å². The predicted octanol–water partition coefficient (Wildman–Crippen LogP) is 1.83. The standard InChI is InChI=1S/C6H8BrNOS/c7-5-4-8-6(10-5)2-1-3-9/h4,9H,1-3H2. The highest BCUT2D eigenvalue weighted by molar-refractivity contribution is 9.11. The van der Waals surface area contributed by atoms with Gasteiger partial charge >= 0.3 is 0 Å². The molecule has 0 atom stereocenters. The average Bonchev–Trinajstić information content (AvgIpc) is 2.31. The quantitative estimate of drug-likeness (QED) is 0.846. The van der Waals surface area contributed by atoms with Gasteiger partial charge in [0.05, 0.1) is 15.0 Å². The van der Waals surface area contributed by atoms with Crippen LogP contribution in [-0.4, -0.2) is 16.7 Å². The molecule has 1 aromatic rings. The van der Waals surface area contributed by atoms with Crippen LogP contribution < -0.4 is 0 Å². The number of hydrogen-bond acceptors (Lipinski definition) is 3. The monoisotopic (exact) mass is 221 g/mol. The van der Waals surface area contributed by atoms with Gasteiger partial charge in [0.1, 0.15) is 0 Å². The summed E-state index contributed by atoms with van der Waals surface area (Å²) in [6.07, 6.45) is 3.48. The molecule has 1 heterocycles. The van der Waals surface area contributed by atoms with Crippen LogP contribution in [0.25, 0.3) is 0 Å². The van der Waals surface area contributed by atoms with Crippen LogP contribution in [-0.2, 0) is 6.42 Å². The second-order valence-corrected chi connectivity index (χ2v) is 4.38. The molecule has 0 unspecified atom stereocenters. The summed E-state index contributed by atoms with van der Waals surface area (Å²) in [5, 5.41) is 9.58. The summed E-state index contributed by atoms with van der Waals surface area (Å²) < 4.78 is 1.06. The Bertz CT molecular complexity index is 201. The number of aliphatic hydroxyl groups is 1. The van der Waals surface area contributed by atoms with Crippen molar-refractivity contribution in [3.05, 3.63) is 15.0 Å². The zero-order valence-corrected chi connectivity index (χ0v) is 7.78. The van der Waals surface area contributed by atoms with Crippen LogP contribution in [0.3, 0.4) is 0 Å². The third-order valence-electron chi connectivity index (χ3n) is 1.07. The van der Waals surface area contributed by atoms with Gasteiger partial charge in [-0.2, -0.15) is 0 Å². The molecule has 0 aliphatic heterocycles. The molecule has 0 radical (unpaired) electrons. The molecule has 0 aromatic carbocycles. The van der Waals surface area contributed by atoms with Crippen molar-refractivity contribution >= 4 is 27.3 Å². The molecule has 0 amide bonds. The minimum atomic E-state index is 0.247. The van der Waals surface area contributed by atoms with Crippen molar-refractivity contribution in [3.8, 4) is 0 Å². The van der Waals surface area contributed by atoms with E-state index in [9.17, 15) is 0 Å². The van der Waals surface area contributed by atoms with E-state index in [0.717, 1.165) is 21.6 Å². The Morgan fingerprint density at radius 2 is 2.50 bits per heavy atom. The van der Waals surface area contributed by atoms with Gasteiger partial charge in [-0.25, -0.2) is 4.98 Å². The lowest BCUT2D eigenvalue weighted by Crippen LogP contribution is -1.86. The Labute approximate surface area is 72.0 Å². The second-order valence-electron chi connectivity index (χ2n) is 1.89. The number of aryl methyl sites for hydroxylation is 1. The summed E-state index contributed by atoms with van der Waals surface area (Å²) in [7, 11) is 0. The van der Waals surface area contributed by atoms with Crippen LogP contribution in [0.15, 0.2) is 9.98 Å². The summed E-state index contributed by atoms with van der Waals surface area (Å²) in [5.41, 5.74) is 0. The van der Waals surface area contributed by atoms with Gasteiger partial charge in [0, 0.05) is 13.0 Å². The zero-order chi connectivity index (χ0) is 7.40. The molecular weight excluding hydrogens is 214 g/mol. The van der Waals surface area contributed by atoms with Gasteiger partial charge < -0.3 is 5.11 Å². The molecule has 0 aliphatic rings. The van der Waals surface area contributed by atoms with E-state index in [1.807, 2.05) is 0 Å². The predicted molar refractivity (Wildman–Crippen MR) is 45.2 cm³/mol. The van der Waals surface area contributed by atoms with Crippen molar-refractivity contribution in [1.82, 2.24) is 4.98 Å². The maximum atomic E-state index is 8.50. The molecule has 1 N–H and O–H groups in total. The molecule has 10 heavy (non-hydrogen) atoms. The van der Waals surface area contributed by atoms with Crippen LogP contribution in [0.2, 0.25) is 0 Å². The topological polar surface area (TPSA) is 33.1 Å². The number of nitrogens with zero attached hydrogens (tertiary/aromatic N) is 1. The molecule has 1 aromatic heterocycles. The lowest BCUT2D eigenvalue weighted by molar-refractivity contribution is 0.288. The Balaban J connectivity index is 2.42. The smallest absolute Gasteiger partial charge is 0.0937 e. The molecule has 0 bridgehead atoms. The number of hydrogen-bond donors (Lipinski definition) is 1. The normalized spacial score (nSPS) is 10.2. The molecule has 0 saturated heterocycles. The molecular formula is C6H8BrNOS. The van der Waals surface area contributed by atoms with E-state index in [2.05, 4.69) is 20.9 Å². The van der Waals surface area contributed by atoms with Gasteiger partial charge in [0.25, 0.3) is 0 Å². The van der Waals surface area contributed by atoms with Crippen molar-refractivity contribution in [2.45, 2.75) is 12.8 Å². The molecule has 1 rings (SSSR count). The van der Waals surface area contributed by atoms with E-state index in [1.165, 1.54) is 0 Å². The lowest BCUT2D eigenvalue weighted by Gasteiger charge is -1.89. The highest BCUT2D eigenvalue weighted by atomic mass is 79.9. The Morgan fingerprint density at radius 3 is 3.00 bits per heavy atom. The molecule has 0 fully saturated rings. The molecule has 0 aliphatic carbocycles. The number of thiazole rings is 1. The summed E-state index contributed by atoms with van der Waals surface area (Å²) in [6, 6.07) is 0. The maximum Gasteiger partial charge on any atom is 0.0937 e. The maximum absolute atomic E-state index is 8.50. The highest BCUT2D eigenvalue weighted by Crippen LogP contribution is 2.19. The lowest BCUT2D eigenvalue weighted by atomic mass is 10.3. The van der Waals surface area contributed by atoms with Crippen LogP contribution in [0.4, 0.5) is 0 Å². The average molecular weight is 222 g/mol. The van der Waals surface area contributed by atoms with Crippen molar-refractivity contribution in [2.75, 3.05) is 6.61 Å². The second kappa shape index (κ2) is 4.05. The summed E-state index contributed by atoms with van der Waals surface area (Å²) in [5.74, 6) is 0. The highest BCUT2D eigenvalue weighted by Gasteiger charge is 1.97. The first kappa shape index (κ1) is 8.17. The molecule has 0 saturated carbocycles. The summed E-state index contributed by atoms with van der Waals surface area (Å²) in [6.45, 7) is 0.247. The molecule has 0 spiro atoms. The first-order valence-corrected chi connectivity index (χ1v) is 4.65. The number of aliphatic hydroxyl groups excluding tert-OH is 1. The molecule has 4 heteroatoms. The van der Waals surface area contributed by atoms with E-state index < -0.39 is 0 Å². The summed E-state index contributed by atoms with van der Waals surface area (Å²) >= 11 is 4.94. The SMILES string of the molecule is OCCCc1ncc(Br)s1. The minimum Gasteiger partial charge on any atom is -0.396 e. The van der Waals surface area contributed by atoms with Gasteiger partial charge in [-0.3, -0.25) is 0 Å². The fourth-order valence-electron chi connectivity index (χ4n) is 0.634. The van der Waals surface area contributed by atoms with Crippen LogP contribution in [0.1, 0.15) is 11.4 Å². The number of aromatic nitrogens is 1. The number of rotatable bonds is 3. The van der Waals surface area contributed by atoms with Crippen LogP contribution >= 0.6 is 27.3 Å². The Morgan fingerprint density at radius 1 is 1.70 bits per heavy atom. The summed E-state index contributed by atoms with van der Waals surface area (Å²) in [4.78, 5) is 4.11. The van der Waals surface area contributed by atoms with Crippen molar-refractivity contribution in [2.24, 2.45) is 0 Å². The van der Waals surface area contributed by atoms with Crippen molar-refractivity contribution in [3.63, 3.8) is 0 Å². The van der Waals surface area contributed by atoms with Crippen molar-refractivity contribution in [1.29, 1.82) is 0 Å². The van der Waals surface area contributed by atoms with E-state index >= 15 is 0 Å². The molecule has 56 valence electrons. The van der Waals surface area contributed by atoms with Crippen LogP contribution in [0.5, 0.6) is 0 Å². The van der Waals surface area contributed by atoms with Gasteiger partial charge in [0.15, 0.2) is 0 Å². The van der Waals surface area contributed by atoms with E-state index in [1.54, 1.807) is 17.5 Å². The largest absolute Gasteiger partial charge is 0.396 e. The zero-order valence-electron chi connectivity index (χ0n) is 5.38. The van der Waals surface area contributed by atoms with Gasteiger partial charge in [-0.15, -0.1) is 11.3 Å². The Kier molecular flexibility index (Phi) is 3.31. The number of halogens is 1. The third-order valence-corrected chi connectivity index (χ3v) is 2.61. The van der Waals surface area contributed by atoms with Gasteiger partial charge in [-0.05, 0) is 22.4 Å². The fraction of sp³-hybridized carbons (Fsp3) is 0.500. The van der Waals surface area contributed by atoms with Crippen LogP contribution in [0, 0.1) is 0 Å². The first-order valence-electron chi connectivity index (χ1n) is 3.04. The minimum absolute atomic E-state index is 0.247. The Hall–Kier alpha value is 0.0700. The molecule has 2 nitrogen and oxygen atoms in total. The van der Waals surface area contributed by atoms with Gasteiger partial charge in [-0.1, -0.05) is 0 Å². The van der Waals surface area contributed by atoms with E-state index in [4.69, 9.17) is 5.11 Å². The van der Waals surface area contributed by atoms with E-state index in [-0.39, 0.29) is 6.61 Å². The van der Waals surface area contributed by atoms with Crippen molar-refractivity contribution < 1.29 is 5.11 Å². The van der Waals surface area contributed by atoms with E-state index in [0.29, 0.717) is 0 Å². The third kappa shape index (κ3) is 2.36. The fourth-order valence-corrected chi connectivity index (χ4v) is 1.98.